The highest BCUT2D eigenvalue weighted by atomic mass is 35.5. The third-order valence-electron chi connectivity index (χ3n) is 2.63. The molecule has 1 aromatic carbocycles. The first-order valence-corrected chi connectivity index (χ1v) is 6.46. The molecule has 20 heavy (non-hydrogen) atoms. The van der Waals surface area contributed by atoms with Crippen molar-refractivity contribution in [2.45, 2.75) is 6.42 Å². The number of anilines is 2. The molecule has 104 valence electrons. The fourth-order valence-corrected chi connectivity index (χ4v) is 1.84. The Labute approximate surface area is 122 Å². The van der Waals surface area contributed by atoms with Gasteiger partial charge in [-0.3, -0.25) is 4.79 Å². The normalized spacial score (nSPS) is 10.2. The van der Waals surface area contributed by atoms with E-state index in [1.165, 1.54) is 0 Å². The highest BCUT2D eigenvalue weighted by molar-refractivity contribution is 6.31. The van der Waals surface area contributed by atoms with Gasteiger partial charge in [0.15, 0.2) is 0 Å². The third kappa shape index (κ3) is 3.68. The highest BCUT2D eigenvalue weighted by Crippen LogP contribution is 2.16. The van der Waals surface area contributed by atoms with Crippen LogP contribution in [0.15, 0.2) is 36.7 Å². The lowest BCUT2D eigenvalue weighted by atomic mass is 10.1. The molecule has 0 aliphatic carbocycles. The van der Waals surface area contributed by atoms with E-state index in [0.29, 0.717) is 16.7 Å². The number of nitrogens with one attached hydrogen (secondary N) is 1. The molecule has 6 heteroatoms. The van der Waals surface area contributed by atoms with E-state index in [9.17, 15) is 4.79 Å². The molecule has 1 heterocycles. The predicted octanol–water partition coefficient (Wildman–Crippen LogP) is 2.38. The Morgan fingerprint density at radius 1 is 1.25 bits per heavy atom. The summed E-state index contributed by atoms with van der Waals surface area (Å²) in [4.78, 5) is 22.0. The Balaban J connectivity index is 1.99. The van der Waals surface area contributed by atoms with Crippen molar-refractivity contribution in [2.75, 3.05) is 24.3 Å². The molecule has 0 unspecified atom stereocenters. The summed E-state index contributed by atoms with van der Waals surface area (Å²) >= 11 is 6.02. The number of nitrogens with zero attached hydrogens (tertiary/aromatic N) is 3. The van der Waals surface area contributed by atoms with Crippen LogP contribution in [0.1, 0.15) is 5.56 Å². The molecular formula is C14H15ClN4O. The lowest BCUT2D eigenvalue weighted by molar-refractivity contribution is -0.115. The van der Waals surface area contributed by atoms with Crippen LogP contribution in [-0.4, -0.2) is 30.0 Å². The quantitative estimate of drug-likeness (QED) is 0.939. The van der Waals surface area contributed by atoms with Gasteiger partial charge in [-0.1, -0.05) is 29.8 Å². The van der Waals surface area contributed by atoms with Crippen molar-refractivity contribution in [3.63, 3.8) is 0 Å². The number of carbonyl (C=O) groups is 1. The SMILES string of the molecule is CN(C)c1ncc(NC(=O)Cc2ccccc2Cl)cn1. The Hall–Kier alpha value is -2.14. The van der Waals surface area contributed by atoms with Crippen LogP contribution in [0.2, 0.25) is 5.02 Å². The van der Waals surface area contributed by atoms with Gasteiger partial charge in [0, 0.05) is 19.1 Å². The summed E-state index contributed by atoms with van der Waals surface area (Å²) in [5, 5.41) is 3.33. The van der Waals surface area contributed by atoms with Gasteiger partial charge in [0.05, 0.1) is 24.5 Å². The maximum absolute atomic E-state index is 11.9. The summed E-state index contributed by atoms with van der Waals surface area (Å²) in [7, 11) is 3.70. The standard InChI is InChI=1S/C14H15ClN4O/c1-19(2)14-16-8-11(9-17-14)18-13(20)7-10-5-3-4-6-12(10)15/h3-6,8-9H,7H2,1-2H3,(H,18,20). The second-order valence-corrected chi connectivity index (χ2v) is 4.89. The Morgan fingerprint density at radius 3 is 2.50 bits per heavy atom. The molecule has 1 amide bonds. The van der Waals surface area contributed by atoms with E-state index in [4.69, 9.17) is 11.6 Å². The second kappa shape index (κ2) is 6.34. The molecule has 2 aromatic rings. The van der Waals surface area contributed by atoms with E-state index < -0.39 is 0 Å². The molecule has 5 nitrogen and oxygen atoms in total. The molecule has 1 N–H and O–H groups in total. The predicted molar refractivity (Wildman–Crippen MR) is 80.1 cm³/mol. The second-order valence-electron chi connectivity index (χ2n) is 4.48. The number of halogens is 1. The van der Waals surface area contributed by atoms with Gasteiger partial charge in [-0.2, -0.15) is 0 Å². The van der Waals surface area contributed by atoms with Crippen molar-refractivity contribution in [1.82, 2.24) is 9.97 Å². The van der Waals surface area contributed by atoms with Gasteiger partial charge >= 0.3 is 0 Å². The van der Waals surface area contributed by atoms with Crippen LogP contribution in [0, 0.1) is 0 Å². The van der Waals surface area contributed by atoms with Crippen molar-refractivity contribution in [3.8, 4) is 0 Å². The summed E-state index contributed by atoms with van der Waals surface area (Å²) in [6.45, 7) is 0. The van der Waals surface area contributed by atoms with Crippen LogP contribution < -0.4 is 10.2 Å². The molecule has 0 spiro atoms. The summed E-state index contributed by atoms with van der Waals surface area (Å²) in [5.74, 6) is 0.438. The molecule has 0 bridgehead atoms. The van der Waals surface area contributed by atoms with Crippen LogP contribution in [0.25, 0.3) is 0 Å². The summed E-state index contributed by atoms with van der Waals surface area (Å²) in [6, 6.07) is 7.27. The maximum Gasteiger partial charge on any atom is 0.228 e. The minimum Gasteiger partial charge on any atom is -0.347 e. The minimum absolute atomic E-state index is 0.153. The van der Waals surface area contributed by atoms with E-state index >= 15 is 0 Å². The monoisotopic (exact) mass is 290 g/mol. The molecule has 0 fully saturated rings. The Kier molecular flexibility index (Phi) is 4.53. The molecular weight excluding hydrogens is 276 g/mol. The van der Waals surface area contributed by atoms with Gasteiger partial charge in [-0.25, -0.2) is 9.97 Å². The minimum atomic E-state index is -0.153. The van der Waals surface area contributed by atoms with Crippen molar-refractivity contribution >= 4 is 29.1 Å². The Morgan fingerprint density at radius 2 is 1.90 bits per heavy atom. The largest absolute Gasteiger partial charge is 0.347 e. The molecule has 0 aliphatic heterocycles. The molecule has 0 saturated carbocycles. The van der Waals surface area contributed by atoms with Crippen LogP contribution in [0.4, 0.5) is 11.6 Å². The molecule has 0 atom stereocenters. The zero-order valence-corrected chi connectivity index (χ0v) is 12.1. The smallest absolute Gasteiger partial charge is 0.228 e. The van der Waals surface area contributed by atoms with Gasteiger partial charge in [-0.05, 0) is 11.6 Å². The lowest BCUT2D eigenvalue weighted by Gasteiger charge is -2.10. The zero-order valence-electron chi connectivity index (χ0n) is 11.3. The van der Waals surface area contributed by atoms with Gasteiger partial charge in [0.25, 0.3) is 0 Å². The topological polar surface area (TPSA) is 58.1 Å². The van der Waals surface area contributed by atoms with Crippen molar-refractivity contribution in [1.29, 1.82) is 0 Å². The van der Waals surface area contributed by atoms with E-state index in [0.717, 1.165) is 5.56 Å². The number of carbonyl (C=O) groups excluding carboxylic acids is 1. The fourth-order valence-electron chi connectivity index (χ4n) is 1.64. The first-order chi connectivity index (χ1) is 9.56. The van der Waals surface area contributed by atoms with Gasteiger partial charge in [0.1, 0.15) is 0 Å². The fraction of sp³-hybridized carbons (Fsp3) is 0.214. The third-order valence-corrected chi connectivity index (χ3v) is 3.00. The van der Waals surface area contributed by atoms with Crippen molar-refractivity contribution < 1.29 is 4.79 Å². The van der Waals surface area contributed by atoms with Crippen molar-refractivity contribution in [2.24, 2.45) is 0 Å². The number of amides is 1. The average molecular weight is 291 g/mol. The van der Waals surface area contributed by atoms with Crippen molar-refractivity contribution in [3.05, 3.63) is 47.2 Å². The van der Waals surface area contributed by atoms with Crippen LogP contribution >= 0.6 is 11.6 Å². The van der Waals surface area contributed by atoms with Gasteiger partial charge in [-0.15, -0.1) is 0 Å². The van der Waals surface area contributed by atoms with Gasteiger partial charge < -0.3 is 10.2 Å². The Bertz CT molecular complexity index is 598. The lowest BCUT2D eigenvalue weighted by Crippen LogP contribution is -2.16. The molecule has 1 aromatic heterocycles. The number of benzene rings is 1. The number of rotatable bonds is 4. The average Bonchev–Trinajstić information content (AvgIpc) is 2.42. The highest BCUT2D eigenvalue weighted by Gasteiger charge is 2.08. The maximum atomic E-state index is 11.9. The van der Waals surface area contributed by atoms with E-state index in [-0.39, 0.29) is 12.3 Å². The van der Waals surface area contributed by atoms with E-state index in [1.54, 1.807) is 23.4 Å². The molecule has 0 radical (unpaired) electrons. The number of hydrogen-bond donors (Lipinski definition) is 1. The van der Waals surface area contributed by atoms with Crippen LogP contribution in [-0.2, 0) is 11.2 Å². The first kappa shape index (κ1) is 14.3. The van der Waals surface area contributed by atoms with E-state index in [2.05, 4.69) is 15.3 Å². The molecule has 2 rings (SSSR count). The first-order valence-electron chi connectivity index (χ1n) is 6.09. The number of aromatic nitrogens is 2. The summed E-state index contributed by atoms with van der Waals surface area (Å²) < 4.78 is 0. The van der Waals surface area contributed by atoms with Crippen LogP contribution in [0.3, 0.4) is 0 Å². The molecule has 0 aliphatic rings. The summed E-state index contributed by atoms with van der Waals surface area (Å²) in [6.07, 6.45) is 3.37. The van der Waals surface area contributed by atoms with E-state index in [1.807, 2.05) is 32.3 Å². The molecule has 0 saturated heterocycles. The number of hydrogen-bond acceptors (Lipinski definition) is 4. The van der Waals surface area contributed by atoms with Gasteiger partial charge in [0.2, 0.25) is 11.9 Å². The zero-order chi connectivity index (χ0) is 14.5. The summed E-state index contributed by atoms with van der Waals surface area (Å²) in [5.41, 5.74) is 1.35. The van der Waals surface area contributed by atoms with Crippen LogP contribution in [0.5, 0.6) is 0 Å².